The van der Waals surface area contributed by atoms with Gasteiger partial charge in [-0.15, -0.1) is 0 Å². The molecule has 0 spiro atoms. The van der Waals surface area contributed by atoms with E-state index < -0.39 is 0 Å². The molecule has 1 aliphatic carbocycles. The van der Waals surface area contributed by atoms with Crippen LogP contribution in [0.2, 0.25) is 0 Å². The highest BCUT2D eigenvalue weighted by Gasteiger charge is 2.35. The van der Waals surface area contributed by atoms with E-state index in [-0.39, 0.29) is 5.41 Å². The fourth-order valence-electron chi connectivity index (χ4n) is 8.27. The molecule has 0 atom stereocenters. The van der Waals surface area contributed by atoms with Crippen molar-refractivity contribution < 1.29 is 0 Å². The Labute approximate surface area is 321 Å². The van der Waals surface area contributed by atoms with Crippen LogP contribution < -0.4 is 0 Å². The third kappa shape index (κ3) is 5.73. The molecule has 0 unspecified atom stereocenters. The maximum absolute atomic E-state index is 5.31. The fourth-order valence-corrected chi connectivity index (χ4v) is 8.27. The van der Waals surface area contributed by atoms with Crippen molar-refractivity contribution in [1.82, 2.24) is 15.0 Å². The van der Waals surface area contributed by atoms with E-state index in [1.807, 2.05) is 12.1 Å². The summed E-state index contributed by atoms with van der Waals surface area (Å²) in [5, 5.41) is 2.24. The maximum atomic E-state index is 5.31. The molecule has 55 heavy (non-hydrogen) atoms. The van der Waals surface area contributed by atoms with E-state index in [0.29, 0.717) is 17.5 Å². The second kappa shape index (κ2) is 13.2. The zero-order chi connectivity index (χ0) is 36.9. The summed E-state index contributed by atoms with van der Waals surface area (Å²) in [6, 6.07) is 66.7. The molecule has 9 aromatic rings. The number of hydrogen-bond acceptors (Lipinski definition) is 3. The molecule has 260 valence electrons. The molecule has 0 aliphatic heterocycles. The van der Waals surface area contributed by atoms with Crippen LogP contribution in [-0.4, -0.2) is 15.0 Å². The minimum absolute atomic E-state index is 0.0686. The Morgan fingerprint density at radius 3 is 1.44 bits per heavy atom. The second-order valence-electron chi connectivity index (χ2n) is 14.8. The molecule has 0 radical (unpaired) electrons. The predicted molar refractivity (Wildman–Crippen MR) is 228 cm³/mol. The number of hydrogen-bond donors (Lipinski definition) is 0. The summed E-state index contributed by atoms with van der Waals surface area (Å²) in [5.74, 6) is 1.91. The lowest BCUT2D eigenvalue weighted by Gasteiger charge is -2.21. The maximum Gasteiger partial charge on any atom is 0.165 e. The minimum Gasteiger partial charge on any atom is -0.208 e. The molecular weight excluding hydrogens is 667 g/mol. The standard InChI is InChI=1S/C52H37N3/c1-52(2)46-20-12-11-19-44(46)45-33-41(30-32-47(45)52)43-31-29-38-17-9-10-18-42(38)48(43)51-54-49(39-25-21-36(22-26-39)34-13-5-3-6-14-34)53-50(55-51)40-27-23-37(24-28-40)35-15-7-4-8-16-35/h3-33H,1-2H3. The number of fused-ring (bicyclic) bond motifs is 4. The highest BCUT2D eigenvalue weighted by atomic mass is 15.0. The Hall–Kier alpha value is -6.97. The Bertz CT molecular complexity index is 2760. The molecule has 0 amide bonds. The SMILES string of the molecule is CC1(C)c2ccccc2-c2cc(-c3ccc4ccccc4c3-c3nc(-c4ccc(-c5ccccc5)cc4)nc(-c4ccc(-c5ccccc5)cc4)n3)ccc21. The first kappa shape index (κ1) is 32.7. The van der Waals surface area contributed by atoms with E-state index in [9.17, 15) is 0 Å². The van der Waals surface area contributed by atoms with Crippen LogP contribution in [0.1, 0.15) is 25.0 Å². The summed E-state index contributed by atoms with van der Waals surface area (Å²) in [5.41, 5.74) is 15.0. The molecule has 1 heterocycles. The zero-order valence-electron chi connectivity index (χ0n) is 30.7. The van der Waals surface area contributed by atoms with Gasteiger partial charge in [0, 0.05) is 22.1 Å². The van der Waals surface area contributed by atoms with Crippen molar-refractivity contribution in [2.45, 2.75) is 19.3 Å². The summed E-state index contributed by atoms with van der Waals surface area (Å²) >= 11 is 0. The third-order valence-electron chi connectivity index (χ3n) is 11.2. The molecule has 1 aromatic heterocycles. The van der Waals surface area contributed by atoms with E-state index >= 15 is 0 Å². The first-order chi connectivity index (χ1) is 27.0. The quantitative estimate of drug-likeness (QED) is 0.173. The van der Waals surface area contributed by atoms with Gasteiger partial charge in [-0.25, -0.2) is 15.0 Å². The second-order valence-corrected chi connectivity index (χ2v) is 14.8. The van der Waals surface area contributed by atoms with Gasteiger partial charge in [-0.05, 0) is 72.5 Å². The lowest BCUT2D eigenvalue weighted by atomic mass is 9.82. The lowest BCUT2D eigenvalue weighted by Crippen LogP contribution is -2.14. The first-order valence-corrected chi connectivity index (χ1v) is 18.9. The van der Waals surface area contributed by atoms with Gasteiger partial charge >= 0.3 is 0 Å². The molecular formula is C52H37N3. The van der Waals surface area contributed by atoms with Crippen molar-refractivity contribution in [2.24, 2.45) is 0 Å². The number of rotatable bonds is 6. The van der Waals surface area contributed by atoms with E-state index in [4.69, 9.17) is 15.0 Å². The van der Waals surface area contributed by atoms with Crippen molar-refractivity contribution in [3.05, 3.63) is 199 Å². The van der Waals surface area contributed by atoms with Crippen molar-refractivity contribution in [3.63, 3.8) is 0 Å². The van der Waals surface area contributed by atoms with Crippen molar-refractivity contribution >= 4 is 10.8 Å². The molecule has 0 fully saturated rings. The Balaban J connectivity index is 1.17. The average molecular weight is 704 g/mol. The smallest absolute Gasteiger partial charge is 0.165 e. The van der Waals surface area contributed by atoms with Gasteiger partial charge in [-0.2, -0.15) is 0 Å². The summed E-state index contributed by atoms with van der Waals surface area (Å²) in [6.45, 7) is 4.65. The van der Waals surface area contributed by atoms with Crippen LogP contribution in [0, 0.1) is 0 Å². The van der Waals surface area contributed by atoms with Gasteiger partial charge in [0.05, 0.1) is 0 Å². The highest BCUT2D eigenvalue weighted by Crippen LogP contribution is 2.50. The van der Waals surface area contributed by atoms with Crippen LogP contribution in [-0.2, 0) is 5.41 Å². The molecule has 0 saturated carbocycles. The Morgan fingerprint density at radius 2 is 0.800 bits per heavy atom. The van der Waals surface area contributed by atoms with E-state index in [0.717, 1.165) is 49.7 Å². The molecule has 0 saturated heterocycles. The van der Waals surface area contributed by atoms with Crippen LogP contribution >= 0.6 is 0 Å². The molecule has 1 aliphatic rings. The zero-order valence-corrected chi connectivity index (χ0v) is 30.7. The highest BCUT2D eigenvalue weighted by molar-refractivity contribution is 6.03. The normalized spacial score (nSPS) is 12.7. The monoisotopic (exact) mass is 703 g/mol. The predicted octanol–water partition coefficient (Wildman–Crippen LogP) is 13.3. The largest absolute Gasteiger partial charge is 0.208 e. The van der Waals surface area contributed by atoms with Crippen molar-refractivity contribution in [1.29, 1.82) is 0 Å². The minimum atomic E-state index is -0.0686. The van der Waals surface area contributed by atoms with Gasteiger partial charge in [0.25, 0.3) is 0 Å². The van der Waals surface area contributed by atoms with Gasteiger partial charge in [0.1, 0.15) is 0 Å². The van der Waals surface area contributed by atoms with Gasteiger partial charge in [0.2, 0.25) is 0 Å². The molecule has 3 nitrogen and oxygen atoms in total. The Kier molecular flexibility index (Phi) is 7.81. The van der Waals surface area contributed by atoms with Gasteiger partial charge in [-0.1, -0.05) is 196 Å². The topological polar surface area (TPSA) is 38.7 Å². The van der Waals surface area contributed by atoms with E-state index in [2.05, 4.69) is 190 Å². The first-order valence-electron chi connectivity index (χ1n) is 18.9. The molecule has 0 N–H and O–H groups in total. The van der Waals surface area contributed by atoms with Crippen LogP contribution in [0.25, 0.3) is 89.4 Å². The van der Waals surface area contributed by atoms with Gasteiger partial charge in [0.15, 0.2) is 17.5 Å². The molecule has 10 rings (SSSR count). The summed E-state index contributed by atoms with van der Waals surface area (Å²) in [7, 11) is 0. The number of nitrogens with zero attached hydrogens (tertiary/aromatic N) is 3. The molecule has 0 bridgehead atoms. The van der Waals surface area contributed by atoms with E-state index in [1.165, 1.54) is 33.4 Å². The van der Waals surface area contributed by atoms with E-state index in [1.54, 1.807) is 0 Å². The summed E-state index contributed by atoms with van der Waals surface area (Å²) in [4.78, 5) is 15.8. The summed E-state index contributed by atoms with van der Waals surface area (Å²) in [6.07, 6.45) is 0. The molecule has 3 heteroatoms. The van der Waals surface area contributed by atoms with Crippen LogP contribution in [0.4, 0.5) is 0 Å². The van der Waals surface area contributed by atoms with Crippen LogP contribution in [0.3, 0.4) is 0 Å². The fraction of sp³-hybridized carbons (Fsp3) is 0.0577. The number of benzene rings is 8. The van der Waals surface area contributed by atoms with Crippen molar-refractivity contribution in [2.75, 3.05) is 0 Å². The van der Waals surface area contributed by atoms with Crippen molar-refractivity contribution in [3.8, 4) is 78.7 Å². The Morgan fingerprint density at radius 1 is 0.327 bits per heavy atom. The number of aromatic nitrogens is 3. The lowest BCUT2D eigenvalue weighted by molar-refractivity contribution is 0.660. The van der Waals surface area contributed by atoms with Crippen LogP contribution in [0.15, 0.2) is 188 Å². The van der Waals surface area contributed by atoms with Gasteiger partial charge < -0.3 is 0 Å². The van der Waals surface area contributed by atoms with Crippen LogP contribution in [0.5, 0.6) is 0 Å². The average Bonchev–Trinajstić information content (AvgIpc) is 3.49. The van der Waals surface area contributed by atoms with Gasteiger partial charge in [-0.3, -0.25) is 0 Å². The third-order valence-corrected chi connectivity index (χ3v) is 11.2. The molecule has 8 aromatic carbocycles. The summed E-state index contributed by atoms with van der Waals surface area (Å²) < 4.78 is 0.